The van der Waals surface area contributed by atoms with E-state index in [1.54, 1.807) is 24.3 Å². The Labute approximate surface area is 204 Å². The molecule has 0 radical (unpaired) electrons. The second kappa shape index (κ2) is 10.5. The van der Waals surface area contributed by atoms with Gasteiger partial charge >= 0.3 is 0 Å². The zero-order valence-electron chi connectivity index (χ0n) is 19.3. The smallest absolute Gasteiger partial charge is 0.251 e. The van der Waals surface area contributed by atoms with Crippen LogP contribution in [0, 0.1) is 13.8 Å². The van der Waals surface area contributed by atoms with Crippen molar-refractivity contribution in [3.05, 3.63) is 94.3 Å². The van der Waals surface area contributed by atoms with E-state index in [1.165, 1.54) is 0 Å². The number of aromatic nitrogens is 2. The van der Waals surface area contributed by atoms with Gasteiger partial charge in [-0.2, -0.15) is 0 Å². The van der Waals surface area contributed by atoms with Crippen molar-refractivity contribution in [2.75, 3.05) is 11.9 Å². The fraction of sp³-hybridized carbons (Fsp3) is 0.222. The maximum Gasteiger partial charge on any atom is 0.251 e. The SMILES string of the molecule is Cc1cccc(NC(=O)Cn2c(CCCNC(=O)c3ccc(Cl)cc3)nc3ccccc32)c1C. The van der Waals surface area contributed by atoms with Crippen LogP contribution in [0.25, 0.3) is 11.0 Å². The molecule has 1 heterocycles. The number of halogens is 1. The lowest BCUT2D eigenvalue weighted by Crippen LogP contribution is -2.25. The molecular formula is C27H27ClN4O2. The van der Waals surface area contributed by atoms with Crippen molar-refractivity contribution in [1.29, 1.82) is 0 Å². The molecule has 0 atom stereocenters. The molecule has 7 heteroatoms. The van der Waals surface area contributed by atoms with Crippen LogP contribution < -0.4 is 10.6 Å². The Bertz CT molecular complexity index is 1330. The normalized spacial score (nSPS) is 10.9. The van der Waals surface area contributed by atoms with E-state index in [0.717, 1.165) is 33.7 Å². The molecule has 3 aromatic carbocycles. The second-order valence-electron chi connectivity index (χ2n) is 8.26. The Balaban J connectivity index is 1.42. The average Bonchev–Trinajstić information content (AvgIpc) is 3.17. The number of para-hydroxylation sites is 2. The minimum atomic E-state index is -0.141. The summed E-state index contributed by atoms with van der Waals surface area (Å²) in [7, 11) is 0. The van der Waals surface area contributed by atoms with Gasteiger partial charge in [-0.25, -0.2) is 4.98 Å². The molecule has 1 aromatic heterocycles. The van der Waals surface area contributed by atoms with Crippen LogP contribution in [-0.2, 0) is 17.8 Å². The number of carbonyl (C=O) groups is 2. The van der Waals surface area contributed by atoms with Gasteiger partial charge in [-0.3, -0.25) is 9.59 Å². The molecule has 0 aliphatic rings. The van der Waals surface area contributed by atoms with Crippen molar-refractivity contribution in [1.82, 2.24) is 14.9 Å². The zero-order valence-corrected chi connectivity index (χ0v) is 20.0. The van der Waals surface area contributed by atoms with Gasteiger partial charge in [0.15, 0.2) is 0 Å². The number of nitrogens with one attached hydrogen (secondary N) is 2. The highest BCUT2D eigenvalue weighted by Crippen LogP contribution is 2.20. The monoisotopic (exact) mass is 474 g/mol. The predicted molar refractivity (Wildman–Crippen MR) is 136 cm³/mol. The van der Waals surface area contributed by atoms with E-state index >= 15 is 0 Å². The topological polar surface area (TPSA) is 76.0 Å². The lowest BCUT2D eigenvalue weighted by molar-refractivity contribution is -0.116. The van der Waals surface area contributed by atoms with E-state index in [9.17, 15) is 9.59 Å². The molecule has 174 valence electrons. The first-order valence-electron chi connectivity index (χ1n) is 11.3. The quantitative estimate of drug-likeness (QED) is 0.340. The molecule has 0 fully saturated rings. The number of amides is 2. The summed E-state index contributed by atoms with van der Waals surface area (Å²) in [6, 6.07) is 20.5. The molecule has 0 aliphatic heterocycles. The van der Waals surface area contributed by atoms with E-state index in [2.05, 4.69) is 10.6 Å². The van der Waals surface area contributed by atoms with Crippen molar-refractivity contribution in [2.45, 2.75) is 33.2 Å². The highest BCUT2D eigenvalue weighted by Gasteiger charge is 2.15. The molecular weight excluding hydrogens is 448 g/mol. The fourth-order valence-corrected chi connectivity index (χ4v) is 3.99. The van der Waals surface area contributed by atoms with Crippen LogP contribution in [0.5, 0.6) is 0 Å². The van der Waals surface area contributed by atoms with Crippen LogP contribution in [0.15, 0.2) is 66.7 Å². The lowest BCUT2D eigenvalue weighted by atomic mass is 10.1. The van der Waals surface area contributed by atoms with Gasteiger partial charge in [0, 0.05) is 29.2 Å². The fourth-order valence-electron chi connectivity index (χ4n) is 3.86. The Hall–Kier alpha value is -3.64. The minimum absolute atomic E-state index is 0.103. The first-order chi connectivity index (χ1) is 16.4. The summed E-state index contributed by atoms with van der Waals surface area (Å²) in [6.45, 7) is 4.69. The van der Waals surface area contributed by atoms with Crippen LogP contribution in [0.1, 0.15) is 33.7 Å². The van der Waals surface area contributed by atoms with Crippen molar-refractivity contribution >= 4 is 40.1 Å². The summed E-state index contributed by atoms with van der Waals surface area (Å²) in [6.07, 6.45) is 1.33. The lowest BCUT2D eigenvalue weighted by Gasteiger charge is -2.13. The summed E-state index contributed by atoms with van der Waals surface area (Å²) in [5, 5.41) is 6.55. The maximum absolute atomic E-state index is 12.9. The van der Waals surface area contributed by atoms with E-state index in [1.807, 2.05) is 60.9 Å². The molecule has 2 amide bonds. The van der Waals surface area contributed by atoms with Crippen molar-refractivity contribution in [3.8, 4) is 0 Å². The standard InChI is InChI=1S/C27H27ClN4O2/c1-18-7-5-9-22(19(18)2)31-26(33)17-32-24-10-4-3-8-23(24)30-25(32)11-6-16-29-27(34)20-12-14-21(28)15-13-20/h3-5,7-10,12-15H,6,11,16-17H2,1-2H3,(H,29,34)(H,31,33). The molecule has 0 spiro atoms. The number of aryl methyl sites for hydroxylation is 2. The van der Waals surface area contributed by atoms with Crippen molar-refractivity contribution in [2.24, 2.45) is 0 Å². The number of rotatable bonds is 8. The van der Waals surface area contributed by atoms with Crippen molar-refractivity contribution in [3.63, 3.8) is 0 Å². The third-order valence-corrected chi connectivity index (χ3v) is 6.14. The van der Waals surface area contributed by atoms with Gasteiger partial charge in [0.25, 0.3) is 5.91 Å². The molecule has 34 heavy (non-hydrogen) atoms. The van der Waals surface area contributed by atoms with E-state index < -0.39 is 0 Å². The number of fused-ring (bicyclic) bond motifs is 1. The molecule has 4 aromatic rings. The number of imidazole rings is 1. The summed E-state index contributed by atoms with van der Waals surface area (Å²) in [5.41, 5.74) is 5.34. The highest BCUT2D eigenvalue weighted by atomic mass is 35.5. The molecule has 0 aliphatic carbocycles. The van der Waals surface area contributed by atoms with Gasteiger partial charge in [-0.05, 0) is 73.9 Å². The zero-order chi connectivity index (χ0) is 24.1. The number of anilines is 1. The van der Waals surface area contributed by atoms with Crippen molar-refractivity contribution < 1.29 is 9.59 Å². The molecule has 4 rings (SSSR count). The van der Waals surface area contributed by atoms with Gasteiger partial charge in [-0.1, -0.05) is 35.9 Å². The number of hydrogen-bond donors (Lipinski definition) is 2. The minimum Gasteiger partial charge on any atom is -0.352 e. The number of carbonyl (C=O) groups excluding carboxylic acids is 2. The molecule has 6 nitrogen and oxygen atoms in total. The largest absolute Gasteiger partial charge is 0.352 e. The number of nitrogens with zero attached hydrogens (tertiary/aromatic N) is 2. The first-order valence-corrected chi connectivity index (χ1v) is 11.6. The molecule has 0 bridgehead atoms. The number of hydrogen-bond acceptors (Lipinski definition) is 3. The average molecular weight is 475 g/mol. The van der Waals surface area contributed by atoms with E-state index in [4.69, 9.17) is 16.6 Å². The maximum atomic E-state index is 12.9. The van der Waals surface area contributed by atoms with Crippen LogP contribution in [0.4, 0.5) is 5.69 Å². The molecule has 0 unspecified atom stereocenters. The molecule has 0 saturated carbocycles. The Morgan fingerprint density at radius 1 is 0.971 bits per heavy atom. The Morgan fingerprint density at radius 2 is 1.74 bits per heavy atom. The third kappa shape index (κ3) is 5.46. The third-order valence-electron chi connectivity index (χ3n) is 5.88. The number of benzene rings is 3. The summed E-state index contributed by atoms with van der Waals surface area (Å²) >= 11 is 5.89. The van der Waals surface area contributed by atoms with Gasteiger partial charge in [0.05, 0.1) is 11.0 Å². The summed E-state index contributed by atoms with van der Waals surface area (Å²) in [5.74, 6) is 0.574. The van der Waals surface area contributed by atoms with Crippen LogP contribution in [0.2, 0.25) is 5.02 Å². The van der Waals surface area contributed by atoms with Crippen LogP contribution >= 0.6 is 11.6 Å². The van der Waals surface area contributed by atoms with Crippen LogP contribution in [-0.4, -0.2) is 27.9 Å². The first kappa shape index (κ1) is 23.5. The highest BCUT2D eigenvalue weighted by molar-refractivity contribution is 6.30. The van der Waals surface area contributed by atoms with E-state index in [0.29, 0.717) is 30.0 Å². The van der Waals surface area contributed by atoms with Gasteiger partial charge < -0.3 is 15.2 Å². The van der Waals surface area contributed by atoms with Gasteiger partial charge in [0.1, 0.15) is 12.4 Å². The van der Waals surface area contributed by atoms with E-state index in [-0.39, 0.29) is 18.4 Å². The second-order valence-corrected chi connectivity index (χ2v) is 8.70. The summed E-state index contributed by atoms with van der Waals surface area (Å²) in [4.78, 5) is 30.0. The Morgan fingerprint density at radius 3 is 2.53 bits per heavy atom. The summed E-state index contributed by atoms with van der Waals surface area (Å²) < 4.78 is 1.96. The molecule has 2 N–H and O–H groups in total. The van der Waals surface area contributed by atoms with Gasteiger partial charge in [-0.15, -0.1) is 0 Å². The van der Waals surface area contributed by atoms with Gasteiger partial charge in [0.2, 0.25) is 5.91 Å². The Kier molecular flexibility index (Phi) is 7.28. The predicted octanol–water partition coefficient (Wildman–Crippen LogP) is 5.31. The molecule has 0 saturated heterocycles. The van der Waals surface area contributed by atoms with Crippen LogP contribution in [0.3, 0.4) is 0 Å².